The minimum absolute atomic E-state index is 0.0186. The average Bonchev–Trinajstić information content (AvgIpc) is 2.37. The Labute approximate surface area is 121 Å². The monoisotopic (exact) mass is 304 g/mol. The molecule has 0 aromatic carbocycles. The summed E-state index contributed by atoms with van der Waals surface area (Å²) in [5.41, 5.74) is -0.948. The van der Waals surface area contributed by atoms with Gasteiger partial charge in [0, 0.05) is 25.3 Å². The molecule has 2 N–H and O–H groups in total. The largest absolute Gasteiger partial charge is 0.433 e. The van der Waals surface area contributed by atoms with Crippen LogP contribution in [0.2, 0.25) is 0 Å². The second kappa shape index (κ2) is 6.46. The van der Waals surface area contributed by atoms with Gasteiger partial charge in [-0.1, -0.05) is 0 Å². The SMILES string of the molecule is CCNc1nc(NC2CCOC(C)C2)cc(C(F)(F)F)n1. The van der Waals surface area contributed by atoms with Gasteiger partial charge >= 0.3 is 6.18 Å². The lowest BCUT2D eigenvalue weighted by Gasteiger charge is -2.28. The van der Waals surface area contributed by atoms with E-state index in [0.29, 0.717) is 13.2 Å². The van der Waals surface area contributed by atoms with Crippen LogP contribution in [-0.2, 0) is 10.9 Å². The van der Waals surface area contributed by atoms with Gasteiger partial charge in [-0.2, -0.15) is 18.2 Å². The molecule has 0 spiro atoms. The van der Waals surface area contributed by atoms with Gasteiger partial charge in [-0.15, -0.1) is 0 Å². The van der Waals surface area contributed by atoms with E-state index >= 15 is 0 Å². The van der Waals surface area contributed by atoms with E-state index in [1.165, 1.54) is 0 Å². The topological polar surface area (TPSA) is 59.1 Å². The van der Waals surface area contributed by atoms with E-state index in [2.05, 4.69) is 20.6 Å². The molecule has 2 atom stereocenters. The summed E-state index contributed by atoms with van der Waals surface area (Å²) in [5.74, 6) is 0.169. The number of aromatic nitrogens is 2. The number of nitrogens with zero attached hydrogens (tertiary/aromatic N) is 2. The molecule has 5 nitrogen and oxygen atoms in total. The standard InChI is InChI=1S/C13H19F3N4O/c1-3-17-12-19-10(13(14,15)16)7-11(20-12)18-9-4-5-21-8(2)6-9/h7-9H,3-6H2,1-2H3,(H2,17,18,19,20). The Morgan fingerprint density at radius 1 is 1.38 bits per heavy atom. The minimum Gasteiger partial charge on any atom is -0.378 e. The molecule has 0 radical (unpaired) electrons. The fraction of sp³-hybridized carbons (Fsp3) is 0.692. The quantitative estimate of drug-likeness (QED) is 0.895. The Bertz CT molecular complexity index is 481. The summed E-state index contributed by atoms with van der Waals surface area (Å²) in [6, 6.07) is 1.00. The van der Waals surface area contributed by atoms with Gasteiger partial charge in [-0.3, -0.25) is 0 Å². The Hall–Kier alpha value is -1.57. The fourth-order valence-corrected chi connectivity index (χ4v) is 2.24. The highest BCUT2D eigenvalue weighted by Gasteiger charge is 2.34. The molecule has 2 heterocycles. The summed E-state index contributed by atoms with van der Waals surface area (Å²) in [6.07, 6.45) is -2.92. The Morgan fingerprint density at radius 2 is 2.14 bits per heavy atom. The molecule has 1 aromatic rings. The van der Waals surface area contributed by atoms with E-state index < -0.39 is 11.9 Å². The van der Waals surface area contributed by atoms with Crippen LogP contribution in [0.15, 0.2) is 6.07 Å². The lowest BCUT2D eigenvalue weighted by atomic mass is 10.0. The average molecular weight is 304 g/mol. The van der Waals surface area contributed by atoms with Crippen molar-refractivity contribution in [1.29, 1.82) is 0 Å². The number of hydrogen-bond acceptors (Lipinski definition) is 5. The van der Waals surface area contributed by atoms with E-state index in [9.17, 15) is 13.2 Å². The van der Waals surface area contributed by atoms with Crippen LogP contribution >= 0.6 is 0 Å². The van der Waals surface area contributed by atoms with Crippen molar-refractivity contribution >= 4 is 11.8 Å². The van der Waals surface area contributed by atoms with Crippen LogP contribution in [-0.4, -0.2) is 35.3 Å². The number of halogens is 3. The molecular weight excluding hydrogens is 285 g/mol. The van der Waals surface area contributed by atoms with Crippen LogP contribution in [0.3, 0.4) is 0 Å². The number of nitrogens with one attached hydrogen (secondary N) is 2. The molecule has 1 aliphatic heterocycles. The first-order valence-corrected chi connectivity index (χ1v) is 6.96. The predicted molar refractivity (Wildman–Crippen MR) is 73.3 cm³/mol. The predicted octanol–water partition coefficient (Wildman–Crippen LogP) is 2.91. The molecular formula is C13H19F3N4O. The van der Waals surface area contributed by atoms with Crippen molar-refractivity contribution in [3.63, 3.8) is 0 Å². The summed E-state index contributed by atoms with van der Waals surface area (Å²) in [6.45, 7) is 4.76. The summed E-state index contributed by atoms with van der Waals surface area (Å²) in [7, 11) is 0. The van der Waals surface area contributed by atoms with E-state index in [1.807, 2.05) is 6.92 Å². The first kappa shape index (κ1) is 15.8. The first-order chi connectivity index (χ1) is 9.88. The first-order valence-electron chi connectivity index (χ1n) is 6.96. The van der Waals surface area contributed by atoms with Gasteiger partial charge in [0.15, 0.2) is 5.69 Å². The smallest absolute Gasteiger partial charge is 0.378 e. The molecule has 8 heteroatoms. The second-order valence-electron chi connectivity index (χ2n) is 5.04. The highest BCUT2D eigenvalue weighted by molar-refractivity contribution is 5.43. The number of hydrogen-bond donors (Lipinski definition) is 2. The van der Waals surface area contributed by atoms with Gasteiger partial charge in [0.1, 0.15) is 5.82 Å². The molecule has 0 saturated carbocycles. The summed E-state index contributed by atoms with van der Waals surface area (Å²) in [4.78, 5) is 7.57. The molecule has 21 heavy (non-hydrogen) atoms. The Morgan fingerprint density at radius 3 is 2.76 bits per heavy atom. The third-order valence-corrected chi connectivity index (χ3v) is 3.19. The minimum atomic E-state index is -4.49. The van der Waals surface area contributed by atoms with Gasteiger partial charge in [-0.25, -0.2) is 4.98 Å². The van der Waals surface area contributed by atoms with E-state index in [4.69, 9.17) is 4.74 Å². The Kier molecular flexibility index (Phi) is 4.87. The highest BCUT2D eigenvalue weighted by atomic mass is 19.4. The Balaban J connectivity index is 2.19. The van der Waals surface area contributed by atoms with Crippen LogP contribution in [0.4, 0.5) is 24.9 Å². The van der Waals surface area contributed by atoms with Crippen molar-refractivity contribution in [2.24, 2.45) is 0 Å². The van der Waals surface area contributed by atoms with Crippen LogP contribution in [0.25, 0.3) is 0 Å². The molecule has 2 unspecified atom stereocenters. The third kappa shape index (κ3) is 4.45. The van der Waals surface area contributed by atoms with Crippen molar-refractivity contribution in [3.05, 3.63) is 11.8 Å². The van der Waals surface area contributed by atoms with E-state index in [1.54, 1.807) is 6.92 Å². The van der Waals surface area contributed by atoms with Crippen molar-refractivity contribution < 1.29 is 17.9 Å². The van der Waals surface area contributed by atoms with Crippen molar-refractivity contribution in [2.45, 2.75) is 45.0 Å². The molecule has 0 aliphatic carbocycles. The summed E-state index contributed by atoms with van der Waals surface area (Å²) in [5, 5.41) is 5.77. The normalized spacial score (nSPS) is 22.9. The lowest BCUT2D eigenvalue weighted by molar-refractivity contribution is -0.141. The fourth-order valence-electron chi connectivity index (χ4n) is 2.24. The van der Waals surface area contributed by atoms with Gasteiger partial charge in [0.05, 0.1) is 6.10 Å². The van der Waals surface area contributed by atoms with Gasteiger partial charge in [-0.05, 0) is 26.7 Å². The van der Waals surface area contributed by atoms with Crippen molar-refractivity contribution in [2.75, 3.05) is 23.8 Å². The maximum atomic E-state index is 12.9. The molecule has 2 rings (SSSR count). The molecule has 0 amide bonds. The molecule has 1 aromatic heterocycles. The second-order valence-corrected chi connectivity index (χ2v) is 5.04. The maximum absolute atomic E-state index is 12.9. The maximum Gasteiger partial charge on any atom is 0.433 e. The lowest BCUT2D eigenvalue weighted by Crippen LogP contribution is -2.33. The molecule has 118 valence electrons. The molecule has 1 saturated heterocycles. The molecule has 1 fully saturated rings. The van der Waals surface area contributed by atoms with Gasteiger partial charge < -0.3 is 15.4 Å². The van der Waals surface area contributed by atoms with E-state index in [-0.39, 0.29) is 23.9 Å². The number of rotatable bonds is 4. The van der Waals surface area contributed by atoms with Gasteiger partial charge in [0.25, 0.3) is 0 Å². The third-order valence-electron chi connectivity index (χ3n) is 3.19. The van der Waals surface area contributed by atoms with Crippen LogP contribution in [0.1, 0.15) is 32.4 Å². The molecule has 0 bridgehead atoms. The summed E-state index contributed by atoms with van der Waals surface area (Å²) < 4.78 is 44.0. The zero-order valence-electron chi connectivity index (χ0n) is 12.0. The van der Waals surface area contributed by atoms with E-state index in [0.717, 1.165) is 18.9 Å². The molecule has 1 aliphatic rings. The number of alkyl halides is 3. The highest BCUT2D eigenvalue weighted by Crippen LogP contribution is 2.30. The van der Waals surface area contributed by atoms with Gasteiger partial charge in [0.2, 0.25) is 5.95 Å². The zero-order valence-corrected chi connectivity index (χ0v) is 12.0. The number of ether oxygens (including phenoxy) is 1. The van der Waals surface area contributed by atoms with Crippen LogP contribution < -0.4 is 10.6 Å². The van der Waals surface area contributed by atoms with Crippen molar-refractivity contribution in [3.8, 4) is 0 Å². The van der Waals surface area contributed by atoms with Crippen molar-refractivity contribution in [1.82, 2.24) is 9.97 Å². The summed E-state index contributed by atoms with van der Waals surface area (Å²) >= 11 is 0. The number of anilines is 2. The van der Waals surface area contributed by atoms with Crippen LogP contribution in [0.5, 0.6) is 0 Å². The zero-order chi connectivity index (χ0) is 15.5. The van der Waals surface area contributed by atoms with Crippen LogP contribution in [0, 0.1) is 0 Å².